The molecule has 1 aromatic heterocycles. The van der Waals surface area contributed by atoms with Gasteiger partial charge in [0.2, 0.25) is 21.7 Å². The molecule has 3 aromatic rings. The van der Waals surface area contributed by atoms with Crippen LogP contribution in [-0.4, -0.2) is 66.9 Å². The minimum Gasteiger partial charge on any atom is -0.465 e. The Labute approximate surface area is 224 Å². The van der Waals surface area contributed by atoms with Gasteiger partial charge in [-0.15, -0.1) is 0 Å². The second kappa shape index (κ2) is 12.3. The van der Waals surface area contributed by atoms with Gasteiger partial charge in [-0.1, -0.05) is 13.8 Å². The number of anilines is 4. The molecule has 0 radical (unpaired) electrons. The molecule has 15 heteroatoms. The van der Waals surface area contributed by atoms with Crippen LogP contribution in [0.15, 0.2) is 53.7 Å². The number of nitrogens with zero attached hydrogens (tertiary/aromatic N) is 4. The van der Waals surface area contributed by atoms with E-state index in [0.717, 1.165) is 6.33 Å². The number of sulfonamides is 1. The third-order valence-corrected chi connectivity index (χ3v) is 7.57. The normalized spacial score (nSPS) is 11.1. The van der Waals surface area contributed by atoms with Crippen molar-refractivity contribution in [2.75, 3.05) is 37.9 Å². The third kappa shape index (κ3) is 6.45. The quantitative estimate of drug-likeness (QED) is 0.199. The highest BCUT2D eigenvalue weighted by Crippen LogP contribution is 2.34. The smallest absolute Gasteiger partial charge is 0.353 e. The lowest BCUT2D eigenvalue weighted by Crippen LogP contribution is -2.30. The molecular formula is C24H26N6O8S. The highest BCUT2D eigenvalue weighted by Gasteiger charge is 2.25. The molecule has 0 aliphatic rings. The number of esters is 2. The molecule has 2 N–H and O–H groups in total. The highest BCUT2D eigenvalue weighted by atomic mass is 32.2. The topological polar surface area (TPSA) is 183 Å². The fourth-order valence-electron chi connectivity index (χ4n) is 3.60. The molecule has 0 unspecified atom stereocenters. The van der Waals surface area contributed by atoms with Gasteiger partial charge in [0.1, 0.15) is 6.33 Å². The largest absolute Gasteiger partial charge is 0.465 e. The molecule has 0 fully saturated rings. The van der Waals surface area contributed by atoms with Crippen molar-refractivity contribution in [3.05, 3.63) is 70.0 Å². The predicted octanol–water partition coefficient (Wildman–Crippen LogP) is 3.48. The van der Waals surface area contributed by atoms with Crippen molar-refractivity contribution in [1.29, 1.82) is 0 Å². The summed E-state index contributed by atoms with van der Waals surface area (Å²) in [4.78, 5) is 43.4. The molecule has 1 heterocycles. The van der Waals surface area contributed by atoms with E-state index in [9.17, 15) is 28.1 Å². The zero-order valence-corrected chi connectivity index (χ0v) is 22.3. The number of rotatable bonds is 11. The third-order valence-electron chi connectivity index (χ3n) is 5.50. The summed E-state index contributed by atoms with van der Waals surface area (Å²) in [5.41, 5.74) is -0.0882. The Balaban J connectivity index is 1.97. The van der Waals surface area contributed by atoms with E-state index >= 15 is 0 Å². The lowest BCUT2D eigenvalue weighted by molar-refractivity contribution is -0.383. The van der Waals surface area contributed by atoms with Crippen molar-refractivity contribution in [1.82, 2.24) is 14.3 Å². The van der Waals surface area contributed by atoms with Gasteiger partial charge in [-0.3, -0.25) is 10.1 Å². The second-order valence-electron chi connectivity index (χ2n) is 7.82. The van der Waals surface area contributed by atoms with Crippen LogP contribution in [0.2, 0.25) is 0 Å². The van der Waals surface area contributed by atoms with Gasteiger partial charge < -0.3 is 20.1 Å². The minimum atomic E-state index is -3.68. The first kappa shape index (κ1) is 28.9. The monoisotopic (exact) mass is 558 g/mol. The minimum absolute atomic E-state index is 0.00212. The van der Waals surface area contributed by atoms with E-state index in [1.807, 2.05) is 0 Å². The SMILES string of the molecule is CCN(CC)S(=O)(=O)c1ccc(Nc2ncnc(Nc3cc(C(=O)OC)cc(C(=O)OC)c3)c2[N+](=O)[O-])cc1. The summed E-state index contributed by atoms with van der Waals surface area (Å²) in [7, 11) is -1.35. The van der Waals surface area contributed by atoms with Gasteiger partial charge >= 0.3 is 17.6 Å². The number of ether oxygens (including phenoxy) is 2. The molecule has 0 saturated heterocycles. The van der Waals surface area contributed by atoms with E-state index in [1.54, 1.807) is 13.8 Å². The Hall–Kier alpha value is -4.63. The fraction of sp³-hybridized carbons (Fsp3) is 0.250. The van der Waals surface area contributed by atoms with Crippen LogP contribution in [-0.2, 0) is 19.5 Å². The summed E-state index contributed by atoms with van der Waals surface area (Å²) in [5, 5.41) is 17.5. The van der Waals surface area contributed by atoms with E-state index in [4.69, 9.17) is 9.47 Å². The Bertz CT molecular complexity index is 1460. The Morgan fingerprint density at radius 2 is 1.38 bits per heavy atom. The van der Waals surface area contributed by atoms with Gasteiger partial charge in [0.15, 0.2) is 0 Å². The zero-order valence-electron chi connectivity index (χ0n) is 21.5. The van der Waals surface area contributed by atoms with Crippen LogP contribution >= 0.6 is 0 Å². The molecule has 0 bridgehead atoms. The van der Waals surface area contributed by atoms with Crippen molar-refractivity contribution in [2.45, 2.75) is 18.7 Å². The number of hydrogen-bond acceptors (Lipinski definition) is 12. The number of nitrogens with one attached hydrogen (secondary N) is 2. The maximum Gasteiger partial charge on any atom is 0.353 e. The van der Waals surface area contributed by atoms with Gasteiger partial charge in [0, 0.05) is 24.5 Å². The van der Waals surface area contributed by atoms with Crippen molar-refractivity contribution in [2.24, 2.45) is 0 Å². The molecule has 206 valence electrons. The van der Waals surface area contributed by atoms with Crippen LogP contribution in [0.5, 0.6) is 0 Å². The van der Waals surface area contributed by atoms with E-state index in [1.165, 1.54) is 61.0 Å². The van der Waals surface area contributed by atoms with Crippen LogP contribution in [0.1, 0.15) is 34.6 Å². The maximum atomic E-state index is 12.7. The summed E-state index contributed by atoms with van der Waals surface area (Å²) < 4.78 is 36.2. The first-order valence-corrected chi connectivity index (χ1v) is 12.9. The lowest BCUT2D eigenvalue weighted by atomic mass is 10.1. The number of carbonyl (C=O) groups is 2. The van der Waals surface area contributed by atoms with Gasteiger partial charge in [-0.05, 0) is 42.5 Å². The molecule has 39 heavy (non-hydrogen) atoms. The van der Waals surface area contributed by atoms with Gasteiger partial charge in [0.05, 0.1) is 35.2 Å². The van der Waals surface area contributed by atoms with Crippen LogP contribution in [0, 0.1) is 10.1 Å². The second-order valence-corrected chi connectivity index (χ2v) is 9.76. The van der Waals surface area contributed by atoms with Crippen molar-refractivity contribution in [3.8, 4) is 0 Å². The molecule has 0 amide bonds. The molecule has 14 nitrogen and oxygen atoms in total. The standard InChI is InChI=1S/C24H26N6O8S/c1-5-29(6-2)39(35,36)19-9-7-17(8-10-19)27-21-20(30(33)34)22(26-14-25-21)28-18-12-15(23(31)37-3)11-16(13-18)24(32)38-4/h7-14H,5-6H2,1-4H3,(H2,25,26,27,28). The molecule has 2 aromatic carbocycles. The average Bonchev–Trinajstić information content (AvgIpc) is 2.92. The zero-order chi connectivity index (χ0) is 28.7. The van der Waals surface area contributed by atoms with Crippen LogP contribution in [0.25, 0.3) is 0 Å². The summed E-state index contributed by atoms with van der Waals surface area (Å²) in [6.45, 7) is 4.09. The molecular weight excluding hydrogens is 532 g/mol. The van der Waals surface area contributed by atoms with Crippen molar-refractivity contribution < 1.29 is 32.4 Å². The first-order valence-electron chi connectivity index (χ1n) is 11.5. The lowest BCUT2D eigenvalue weighted by Gasteiger charge is -2.18. The summed E-state index contributed by atoms with van der Waals surface area (Å²) in [6.07, 6.45) is 1.07. The summed E-state index contributed by atoms with van der Waals surface area (Å²) in [5.74, 6) is -1.91. The van der Waals surface area contributed by atoms with E-state index in [2.05, 4.69) is 20.6 Å². The molecule has 0 aliphatic heterocycles. The number of aromatic nitrogens is 2. The Morgan fingerprint density at radius 1 is 0.897 bits per heavy atom. The van der Waals surface area contributed by atoms with Gasteiger partial charge in [-0.25, -0.2) is 28.0 Å². The van der Waals surface area contributed by atoms with Crippen LogP contribution in [0.4, 0.5) is 28.7 Å². The van der Waals surface area contributed by atoms with Gasteiger partial charge in [-0.2, -0.15) is 4.31 Å². The van der Waals surface area contributed by atoms with Crippen LogP contribution < -0.4 is 10.6 Å². The molecule has 0 spiro atoms. The number of methoxy groups -OCH3 is 2. The van der Waals surface area contributed by atoms with Gasteiger partial charge in [0.25, 0.3) is 0 Å². The number of carbonyl (C=O) groups excluding carboxylic acids is 2. The fourth-order valence-corrected chi connectivity index (χ4v) is 5.06. The average molecular weight is 559 g/mol. The number of nitro groups is 1. The number of benzene rings is 2. The first-order chi connectivity index (χ1) is 18.5. The van der Waals surface area contributed by atoms with E-state index < -0.39 is 32.6 Å². The Kier molecular flexibility index (Phi) is 9.11. The molecule has 0 saturated carbocycles. The number of hydrogen-bond donors (Lipinski definition) is 2. The summed E-state index contributed by atoms with van der Waals surface area (Å²) >= 11 is 0. The summed E-state index contributed by atoms with van der Waals surface area (Å²) in [6, 6.07) is 9.59. The maximum absolute atomic E-state index is 12.7. The van der Waals surface area contributed by atoms with Crippen molar-refractivity contribution in [3.63, 3.8) is 0 Å². The van der Waals surface area contributed by atoms with Crippen LogP contribution in [0.3, 0.4) is 0 Å². The molecule has 0 aliphatic carbocycles. The van der Waals surface area contributed by atoms with E-state index in [0.29, 0.717) is 18.8 Å². The Morgan fingerprint density at radius 3 is 1.82 bits per heavy atom. The molecule has 0 atom stereocenters. The van der Waals surface area contributed by atoms with Crippen molar-refractivity contribution >= 4 is 50.7 Å². The van der Waals surface area contributed by atoms with E-state index in [-0.39, 0.29) is 33.3 Å². The predicted molar refractivity (Wildman–Crippen MR) is 141 cm³/mol. The molecule has 3 rings (SSSR count). The highest BCUT2D eigenvalue weighted by molar-refractivity contribution is 7.89.